The van der Waals surface area contributed by atoms with E-state index in [1.807, 2.05) is 42.5 Å². The number of carboxylic acids is 1. The monoisotopic (exact) mass is 330 g/mol. The number of furan rings is 1. The third-order valence-electron chi connectivity index (χ3n) is 4.00. The normalized spacial score (nSPS) is 14.0. The van der Waals surface area contributed by atoms with Crippen LogP contribution >= 0.6 is 0 Å². The Labute approximate surface area is 143 Å². The molecule has 1 aliphatic carbocycles. The summed E-state index contributed by atoms with van der Waals surface area (Å²) in [6, 6.07) is 14.0. The first-order chi connectivity index (χ1) is 12.1. The molecule has 0 atom stereocenters. The van der Waals surface area contributed by atoms with Gasteiger partial charge in [0.1, 0.15) is 17.3 Å². The lowest BCUT2D eigenvalue weighted by molar-refractivity contribution is 0.0697. The van der Waals surface area contributed by atoms with Gasteiger partial charge >= 0.3 is 5.97 Å². The van der Waals surface area contributed by atoms with Crippen molar-refractivity contribution in [3.05, 3.63) is 77.2 Å². The number of nitrogens with two attached hydrogens (primary N) is 1. The maximum Gasteiger partial charge on any atom is 0.335 e. The number of pyridine rings is 1. The summed E-state index contributed by atoms with van der Waals surface area (Å²) in [6.45, 7) is 0. The van der Waals surface area contributed by atoms with E-state index in [0.717, 1.165) is 22.4 Å². The van der Waals surface area contributed by atoms with Crippen LogP contribution in [0.2, 0.25) is 0 Å². The topological polar surface area (TPSA) is 89.3 Å². The van der Waals surface area contributed by atoms with E-state index >= 15 is 0 Å². The van der Waals surface area contributed by atoms with Crippen molar-refractivity contribution in [2.24, 2.45) is 0 Å². The number of fused-ring (bicyclic) bond motifs is 1. The maximum absolute atomic E-state index is 11.1. The van der Waals surface area contributed by atoms with E-state index in [1.165, 1.54) is 0 Å². The molecule has 4 rings (SSSR count). The predicted molar refractivity (Wildman–Crippen MR) is 96.7 cm³/mol. The van der Waals surface area contributed by atoms with Crippen LogP contribution in [0.15, 0.2) is 59.0 Å². The molecule has 0 spiro atoms. The van der Waals surface area contributed by atoms with Gasteiger partial charge in [-0.1, -0.05) is 18.2 Å². The van der Waals surface area contributed by atoms with Crippen LogP contribution in [0.25, 0.3) is 29.0 Å². The van der Waals surface area contributed by atoms with Gasteiger partial charge in [-0.2, -0.15) is 0 Å². The van der Waals surface area contributed by atoms with E-state index in [-0.39, 0.29) is 5.56 Å². The lowest BCUT2D eigenvalue weighted by Crippen LogP contribution is -1.95. The minimum Gasteiger partial charge on any atom is -0.478 e. The molecule has 2 heterocycles. The Bertz CT molecular complexity index is 1040. The molecule has 5 nitrogen and oxygen atoms in total. The van der Waals surface area contributed by atoms with Crippen molar-refractivity contribution in [3.8, 4) is 11.3 Å². The first kappa shape index (κ1) is 15.0. The van der Waals surface area contributed by atoms with Crippen LogP contribution in [0.5, 0.6) is 0 Å². The number of allylic oxidation sites excluding steroid dienone is 2. The van der Waals surface area contributed by atoms with Gasteiger partial charge in [0.15, 0.2) is 0 Å². The highest BCUT2D eigenvalue weighted by molar-refractivity contribution is 5.96. The Morgan fingerprint density at radius 3 is 2.84 bits per heavy atom. The summed E-state index contributed by atoms with van der Waals surface area (Å²) < 4.78 is 5.86. The van der Waals surface area contributed by atoms with E-state index in [2.05, 4.69) is 4.98 Å². The number of benzene rings is 1. The van der Waals surface area contributed by atoms with E-state index in [1.54, 1.807) is 24.3 Å². The summed E-state index contributed by atoms with van der Waals surface area (Å²) in [6.07, 6.45) is 5.80. The first-order valence-corrected chi connectivity index (χ1v) is 7.70. The number of anilines is 1. The van der Waals surface area contributed by atoms with E-state index < -0.39 is 5.97 Å². The zero-order chi connectivity index (χ0) is 17.4. The fourth-order valence-electron chi connectivity index (χ4n) is 2.79. The van der Waals surface area contributed by atoms with Gasteiger partial charge in [0.25, 0.3) is 0 Å². The quantitative estimate of drug-likeness (QED) is 0.751. The summed E-state index contributed by atoms with van der Waals surface area (Å²) in [5.41, 5.74) is 9.48. The molecule has 1 aromatic carbocycles. The molecule has 122 valence electrons. The molecular formula is C20H14N2O3. The fraction of sp³-hybridized carbons (Fsp3) is 0. The second-order valence-corrected chi connectivity index (χ2v) is 5.69. The summed E-state index contributed by atoms with van der Waals surface area (Å²) in [4.78, 5) is 15.4. The van der Waals surface area contributed by atoms with Gasteiger partial charge in [0, 0.05) is 11.1 Å². The molecular weight excluding hydrogens is 316 g/mol. The number of aromatic nitrogens is 1. The Morgan fingerprint density at radius 2 is 2.00 bits per heavy atom. The maximum atomic E-state index is 11.1. The molecule has 0 amide bonds. The second-order valence-electron chi connectivity index (χ2n) is 5.69. The van der Waals surface area contributed by atoms with Crippen molar-refractivity contribution in [2.45, 2.75) is 0 Å². The van der Waals surface area contributed by atoms with Crippen molar-refractivity contribution in [1.82, 2.24) is 4.98 Å². The van der Waals surface area contributed by atoms with Gasteiger partial charge in [0.05, 0.1) is 11.3 Å². The summed E-state index contributed by atoms with van der Waals surface area (Å²) >= 11 is 0. The van der Waals surface area contributed by atoms with Gasteiger partial charge in [-0.05, 0) is 54.1 Å². The fourth-order valence-corrected chi connectivity index (χ4v) is 2.79. The lowest BCUT2D eigenvalue weighted by atomic mass is 10.1. The zero-order valence-electron chi connectivity index (χ0n) is 13.1. The molecule has 0 bridgehead atoms. The van der Waals surface area contributed by atoms with Crippen molar-refractivity contribution in [2.75, 3.05) is 5.73 Å². The lowest BCUT2D eigenvalue weighted by Gasteiger charge is -2.01. The molecule has 0 fully saturated rings. The molecule has 0 unspecified atom stereocenters. The van der Waals surface area contributed by atoms with Crippen LogP contribution in [-0.4, -0.2) is 16.1 Å². The number of hydrogen-bond acceptors (Lipinski definition) is 4. The first-order valence-electron chi connectivity index (χ1n) is 7.70. The SMILES string of the molecule is Nc1ccc2c(n1)C=CC2=Cc1ccc(-c2cccc(C(=O)O)c2)o1. The minimum atomic E-state index is -0.963. The number of hydrogen-bond donors (Lipinski definition) is 2. The zero-order valence-corrected chi connectivity index (χ0v) is 13.1. The molecule has 0 radical (unpaired) electrons. The third-order valence-corrected chi connectivity index (χ3v) is 4.00. The summed E-state index contributed by atoms with van der Waals surface area (Å²) in [5.74, 6) is 0.825. The summed E-state index contributed by atoms with van der Waals surface area (Å²) in [7, 11) is 0. The van der Waals surface area contributed by atoms with Gasteiger partial charge < -0.3 is 15.3 Å². The third kappa shape index (κ3) is 2.83. The minimum absolute atomic E-state index is 0.227. The van der Waals surface area contributed by atoms with Crippen LogP contribution in [0.1, 0.15) is 27.4 Å². The van der Waals surface area contributed by atoms with Crippen LogP contribution in [0.4, 0.5) is 5.82 Å². The van der Waals surface area contributed by atoms with Crippen molar-refractivity contribution < 1.29 is 14.3 Å². The molecule has 1 aliphatic rings. The predicted octanol–water partition coefficient (Wildman–Crippen LogP) is 4.19. The number of rotatable bonds is 3. The molecule has 0 saturated carbocycles. The van der Waals surface area contributed by atoms with E-state index in [4.69, 9.17) is 15.3 Å². The average molecular weight is 330 g/mol. The molecule has 2 aromatic heterocycles. The highest BCUT2D eigenvalue weighted by Crippen LogP contribution is 2.31. The highest BCUT2D eigenvalue weighted by atomic mass is 16.4. The number of carboxylic acid groups (broad SMARTS) is 1. The Kier molecular flexibility index (Phi) is 3.47. The van der Waals surface area contributed by atoms with Crippen LogP contribution in [-0.2, 0) is 0 Å². The Balaban J connectivity index is 1.66. The largest absolute Gasteiger partial charge is 0.478 e. The summed E-state index contributed by atoms with van der Waals surface area (Å²) in [5, 5.41) is 9.10. The molecule has 0 saturated heterocycles. The molecule has 3 aromatic rings. The van der Waals surface area contributed by atoms with Gasteiger partial charge in [0.2, 0.25) is 0 Å². The van der Waals surface area contributed by atoms with E-state index in [0.29, 0.717) is 17.3 Å². The molecule has 3 N–H and O–H groups in total. The van der Waals surface area contributed by atoms with Gasteiger partial charge in [-0.15, -0.1) is 0 Å². The number of aromatic carboxylic acids is 1. The standard InChI is InChI=1S/C20H14N2O3/c21-19-9-6-16-12(4-7-17(16)22-19)11-15-5-8-18(25-15)13-2-1-3-14(10-13)20(23)24/h1-11H,(H2,21,22)(H,23,24). The molecule has 25 heavy (non-hydrogen) atoms. The smallest absolute Gasteiger partial charge is 0.335 e. The Hall–Kier alpha value is -3.60. The average Bonchev–Trinajstić information content (AvgIpc) is 3.22. The van der Waals surface area contributed by atoms with Crippen molar-refractivity contribution in [3.63, 3.8) is 0 Å². The Morgan fingerprint density at radius 1 is 1.12 bits per heavy atom. The number of carbonyl (C=O) groups is 1. The van der Waals surface area contributed by atoms with Gasteiger partial charge in [-0.25, -0.2) is 9.78 Å². The van der Waals surface area contributed by atoms with Crippen LogP contribution in [0.3, 0.4) is 0 Å². The van der Waals surface area contributed by atoms with Crippen LogP contribution < -0.4 is 5.73 Å². The van der Waals surface area contributed by atoms with E-state index in [9.17, 15) is 4.79 Å². The molecule has 5 heteroatoms. The second kappa shape index (κ2) is 5.79. The number of nitrogen functional groups attached to an aromatic ring is 1. The van der Waals surface area contributed by atoms with Crippen molar-refractivity contribution in [1.29, 1.82) is 0 Å². The van der Waals surface area contributed by atoms with Crippen molar-refractivity contribution >= 4 is 29.5 Å². The van der Waals surface area contributed by atoms with Crippen LogP contribution in [0, 0.1) is 0 Å². The van der Waals surface area contributed by atoms with Gasteiger partial charge in [-0.3, -0.25) is 0 Å². The number of nitrogens with zero attached hydrogens (tertiary/aromatic N) is 1. The molecule has 0 aliphatic heterocycles. The highest BCUT2D eigenvalue weighted by Gasteiger charge is 2.13.